The molecule has 0 radical (unpaired) electrons. The molecule has 2 aromatic rings. The minimum atomic E-state index is -0.449. The molecular weight excluding hydrogens is 202 g/mol. The second-order valence-electron chi connectivity index (χ2n) is 2.82. The number of thioether (sulfide) groups is 1. The monoisotopic (exact) mass is 207 g/mol. The highest BCUT2D eigenvalue weighted by Crippen LogP contribution is 2.30. The van der Waals surface area contributed by atoms with Crippen molar-refractivity contribution in [2.75, 3.05) is 0 Å². The van der Waals surface area contributed by atoms with Crippen LogP contribution >= 0.6 is 11.8 Å². The molecule has 0 N–H and O–H groups in total. The van der Waals surface area contributed by atoms with Crippen LogP contribution in [-0.4, -0.2) is 14.7 Å². The summed E-state index contributed by atoms with van der Waals surface area (Å²) in [4.78, 5) is 15.5. The number of pyridine rings is 1. The van der Waals surface area contributed by atoms with Crippen molar-refractivity contribution in [2.24, 2.45) is 0 Å². The molecule has 0 fully saturated rings. The maximum absolute atomic E-state index is 11.3. The molecule has 0 spiro atoms. The second-order valence-corrected chi connectivity index (χ2v) is 3.78. The van der Waals surface area contributed by atoms with Gasteiger partial charge in [0.15, 0.2) is 5.82 Å². The summed E-state index contributed by atoms with van der Waals surface area (Å²) >= 11 is 1.55. The molecule has 2 aromatic heterocycles. The van der Waals surface area contributed by atoms with E-state index in [2.05, 4.69) is 14.7 Å². The maximum atomic E-state index is 11.3. The first-order valence-corrected chi connectivity index (χ1v) is 5.00. The van der Waals surface area contributed by atoms with Gasteiger partial charge in [-0.25, -0.2) is 14.3 Å². The van der Waals surface area contributed by atoms with Crippen LogP contribution in [0, 0.1) is 0 Å². The van der Waals surface area contributed by atoms with Crippen LogP contribution in [0.3, 0.4) is 0 Å². The minimum absolute atomic E-state index is 0.449. The van der Waals surface area contributed by atoms with E-state index in [1.54, 1.807) is 24.0 Å². The average Bonchev–Trinajstić information content (AvgIpc) is 2.61. The van der Waals surface area contributed by atoms with Gasteiger partial charge < -0.3 is 0 Å². The van der Waals surface area contributed by atoms with Gasteiger partial charge in [-0.1, -0.05) is 16.9 Å². The molecule has 3 heterocycles. The number of rotatable bonds is 0. The van der Waals surface area contributed by atoms with E-state index in [-0.39, 0.29) is 0 Å². The van der Waals surface area contributed by atoms with E-state index in [0.717, 1.165) is 10.7 Å². The predicted molar refractivity (Wildman–Crippen MR) is 49.5 cm³/mol. The Morgan fingerprint density at radius 2 is 2.50 bits per heavy atom. The van der Waals surface area contributed by atoms with Gasteiger partial charge in [-0.3, -0.25) is 4.52 Å². The van der Waals surface area contributed by atoms with Crippen molar-refractivity contribution in [3.63, 3.8) is 0 Å². The van der Waals surface area contributed by atoms with Gasteiger partial charge in [0.25, 0.3) is 0 Å². The Kier molecular flexibility index (Phi) is 1.51. The summed E-state index contributed by atoms with van der Waals surface area (Å²) in [5.74, 6) is 0.811. The molecule has 0 unspecified atom stereocenters. The quantitative estimate of drug-likeness (QED) is 0.640. The predicted octanol–water partition coefficient (Wildman–Crippen LogP) is 0.826. The van der Waals surface area contributed by atoms with Gasteiger partial charge >= 0.3 is 5.76 Å². The third kappa shape index (κ3) is 0.941. The molecule has 6 heteroatoms. The molecule has 0 atom stereocenters. The summed E-state index contributed by atoms with van der Waals surface area (Å²) < 4.78 is 6.05. The normalized spacial score (nSPS) is 13.4. The molecule has 1 aliphatic heterocycles. The average molecular weight is 207 g/mol. The van der Waals surface area contributed by atoms with Crippen LogP contribution < -0.4 is 5.76 Å². The Bertz CT molecular complexity index is 546. The van der Waals surface area contributed by atoms with Crippen molar-refractivity contribution in [1.82, 2.24) is 14.7 Å². The number of hydrogen-bond acceptors (Lipinski definition) is 5. The van der Waals surface area contributed by atoms with Gasteiger partial charge in [-0.15, -0.1) is 0 Å². The zero-order chi connectivity index (χ0) is 9.54. The van der Waals surface area contributed by atoms with Crippen molar-refractivity contribution < 1.29 is 4.52 Å². The number of nitrogens with zero attached hydrogens (tertiary/aromatic N) is 3. The molecule has 1 aliphatic rings. The minimum Gasteiger partial charge on any atom is -0.295 e. The Hall–Kier alpha value is -1.56. The summed E-state index contributed by atoms with van der Waals surface area (Å²) in [5, 5.41) is 4.52. The lowest BCUT2D eigenvalue weighted by atomic mass is 10.4. The SMILES string of the molecule is O=c1onc2n1-c1cccnc1SC2. The molecule has 0 bridgehead atoms. The topological polar surface area (TPSA) is 60.9 Å². The van der Waals surface area contributed by atoms with Crippen molar-refractivity contribution in [2.45, 2.75) is 10.8 Å². The zero-order valence-corrected chi connectivity index (χ0v) is 7.82. The molecule has 0 amide bonds. The van der Waals surface area contributed by atoms with Crippen molar-refractivity contribution >= 4 is 11.8 Å². The Morgan fingerprint density at radius 3 is 3.43 bits per heavy atom. The summed E-state index contributed by atoms with van der Waals surface area (Å²) in [5.41, 5.74) is 0.755. The Labute approximate surface area is 82.7 Å². The van der Waals surface area contributed by atoms with Gasteiger partial charge in [0, 0.05) is 6.20 Å². The summed E-state index contributed by atoms with van der Waals surface area (Å²) in [6.45, 7) is 0. The van der Waals surface area contributed by atoms with Crippen LogP contribution in [0.5, 0.6) is 0 Å². The van der Waals surface area contributed by atoms with Gasteiger partial charge in [-0.05, 0) is 12.1 Å². The van der Waals surface area contributed by atoms with E-state index in [0.29, 0.717) is 11.6 Å². The van der Waals surface area contributed by atoms with E-state index in [9.17, 15) is 4.79 Å². The van der Waals surface area contributed by atoms with Crippen LogP contribution in [0.1, 0.15) is 5.82 Å². The van der Waals surface area contributed by atoms with Gasteiger partial charge in [-0.2, -0.15) is 0 Å². The smallest absolute Gasteiger partial charge is 0.295 e. The van der Waals surface area contributed by atoms with Crippen LogP contribution in [0.25, 0.3) is 5.69 Å². The number of fused-ring (bicyclic) bond motifs is 3. The van der Waals surface area contributed by atoms with E-state index < -0.39 is 5.76 Å². The van der Waals surface area contributed by atoms with E-state index in [1.807, 2.05) is 6.07 Å². The van der Waals surface area contributed by atoms with Gasteiger partial charge in [0.05, 0.1) is 11.4 Å². The molecular formula is C8H5N3O2S. The fourth-order valence-electron chi connectivity index (χ4n) is 1.40. The van der Waals surface area contributed by atoms with E-state index in [1.165, 1.54) is 4.57 Å². The van der Waals surface area contributed by atoms with Crippen LogP contribution in [0.4, 0.5) is 0 Å². The van der Waals surface area contributed by atoms with Crippen LogP contribution in [0.15, 0.2) is 32.7 Å². The van der Waals surface area contributed by atoms with Crippen LogP contribution in [0.2, 0.25) is 0 Å². The van der Waals surface area contributed by atoms with E-state index >= 15 is 0 Å². The lowest BCUT2D eigenvalue weighted by molar-refractivity contribution is 0.380. The highest BCUT2D eigenvalue weighted by molar-refractivity contribution is 7.98. The van der Waals surface area contributed by atoms with E-state index in [4.69, 9.17) is 0 Å². The highest BCUT2D eigenvalue weighted by Gasteiger charge is 2.21. The first kappa shape index (κ1) is 7.81. The third-order valence-corrected chi connectivity index (χ3v) is 2.99. The van der Waals surface area contributed by atoms with Crippen molar-refractivity contribution in [3.8, 4) is 5.69 Å². The molecule has 14 heavy (non-hydrogen) atoms. The first-order chi connectivity index (χ1) is 6.86. The maximum Gasteiger partial charge on any atom is 0.446 e. The second kappa shape index (κ2) is 2.71. The molecule has 70 valence electrons. The largest absolute Gasteiger partial charge is 0.446 e. The standard InChI is InChI=1S/C8H5N3O2S/c12-8-11-5-2-1-3-9-7(5)14-4-6(11)10-13-8/h1-3H,4H2. The van der Waals surface area contributed by atoms with Crippen LogP contribution in [-0.2, 0) is 5.75 Å². The summed E-state index contributed by atoms with van der Waals surface area (Å²) in [6.07, 6.45) is 1.70. The first-order valence-electron chi connectivity index (χ1n) is 4.02. The Morgan fingerprint density at radius 1 is 1.57 bits per heavy atom. The number of hydrogen-bond donors (Lipinski definition) is 0. The van der Waals surface area contributed by atoms with Crippen molar-refractivity contribution in [3.05, 3.63) is 34.7 Å². The molecule has 0 saturated carbocycles. The molecule has 3 rings (SSSR count). The molecule has 0 saturated heterocycles. The molecule has 0 aromatic carbocycles. The fourth-order valence-corrected chi connectivity index (χ4v) is 2.29. The van der Waals surface area contributed by atoms with Gasteiger partial charge in [0.1, 0.15) is 5.03 Å². The fraction of sp³-hybridized carbons (Fsp3) is 0.125. The van der Waals surface area contributed by atoms with Crippen molar-refractivity contribution in [1.29, 1.82) is 0 Å². The number of aromatic nitrogens is 3. The lowest BCUT2D eigenvalue weighted by Crippen LogP contribution is -2.18. The van der Waals surface area contributed by atoms with Gasteiger partial charge in [0.2, 0.25) is 0 Å². The molecule has 5 nitrogen and oxygen atoms in total. The summed E-state index contributed by atoms with van der Waals surface area (Å²) in [7, 11) is 0. The summed E-state index contributed by atoms with van der Waals surface area (Å²) in [6, 6.07) is 3.62. The lowest BCUT2D eigenvalue weighted by Gasteiger charge is -2.12. The third-order valence-electron chi connectivity index (χ3n) is 2.00. The highest BCUT2D eigenvalue weighted by atomic mass is 32.2. The molecule has 0 aliphatic carbocycles. The Balaban J connectivity index is 2.38. The zero-order valence-electron chi connectivity index (χ0n) is 7.01.